The van der Waals surface area contributed by atoms with Crippen molar-refractivity contribution >= 4 is 29.3 Å². The van der Waals surface area contributed by atoms with Gasteiger partial charge >= 0.3 is 24.1 Å². The van der Waals surface area contributed by atoms with E-state index in [2.05, 4.69) is 21.9 Å². The lowest BCUT2D eigenvalue weighted by atomic mass is 10.2. The molecule has 0 spiro atoms. The number of urea groups is 1. The number of piperazine rings is 1. The molecule has 1 fully saturated rings. The topological polar surface area (TPSA) is 130 Å². The molecule has 2 aliphatic heterocycles. The Morgan fingerprint density at radius 2 is 1.91 bits per heavy atom. The van der Waals surface area contributed by atoms with Gasteiger partial charge in [-0.3, -0.25) is 14.6 Å². The van der Waals surface area contributed by atoms with Crippen molar-refractivity contribution in [1.29, 1.82) is 0 Å². The number of alkyl halides is 3. The van der Waals surface area contributed by atoms with E-state index >= 15 is 0 Å². The van der Waals surface area contributed by atoms with Gasteiger partial charge in [-0.2, -0.15) is 13.2 Å². The molecule has 178 valence electrons. The van der Waals surface area contributed by atoms with Crippen LogP contribution in [0.3, 0.4) is 0 Å². The summed E-state index contributed by atoms with van der Waals surface area (Å²) in [6.07, 6.45) is -6.26. The summed E-state index contributed by atoms with van der Waals surface area (Å²) in [7, 11) is 1.13. The fourth-order valence-corrected chi connectivity index (χ4v) is 3.73. The normalized spacial score (nSPS) is 18.4. The fourth-order valence-electron chi connectivity index (χ4n) is 3.73. The van der Waals surface area contributed by atoms with Crippen molar-refractivity contribution in [2.24, 2.45) is 12.8 Å². The van der Waals surface area contributed by atoms with E-state index in [-0.39, 0.29) is 17.9 Å². The Hall–Kier alpha value is -3.57. The Bertz CT molecular complexity index is 1100. The van der Waals surface area contributed by atoms with Crippen molar-refractivity contribution in [2.45, 2.75) is 19.4 Å². The molecule has 33 heavy (non-hydrogen) atoms. The van der Waals surface area contributed by atoms with E-state index in [4.69, 9.17) is 5.73 Å². The zero-order chi connectivity index (χ0) is 24.5. The van der Waals surface area contributed by atoms with Crippen LogP contribution in [0.4, 0.5) is 29.3 Å². The molecule has 1 unspecified atom stereocenters. The largest absolute Gasteiger partial charge is 0.491 e. The number of nitrogens with two attached hydrogens (primary N) is 1. The first kappa shape index (κ1) is 24.1. The number of hydrogen-bond acceptors (Lipinski definition) is 8. The number of hydrogen-bond donors (Lipinski definition) is 2. The number of aromatic nitrogens is 1. The van der Waals surface area contributed by atoms with Crippen LogP contribution in [-0.4, -0.2) is 72.6 Å². The highest BCUT2D eigenvalue weighted by Gasteiger charge is 2.46. The molecule has 0 aliphatic carbocycles. The van der Waals surface area contributed by atoms with Crippen LogP contribution in [0, 0.1) is 11.8 Å². The Morgan fingerprint density at radius 1 is 1.27 bits per heavy atom. The average Bonchev–Trinajstić information content (AvgIpc) is 3.09. The van der Waals surface area contributed by atoms with E-state index in [1.165, 1.54) is 0 Å². The second-order valence-corrected chi connectivity index (χ2v) is 7.20. The van der Waals surface area contributed by atoms with Crippen LogP contribution in [0.1, 0.15) is 17.4 Å². The molecule has 3 rings (SSSR count). The Balaban J connectivity index is 2.14. The molecule has 1 atom stereocenters. The highest BCUT2D eigenvalue weighted by Crippen LogP contribution is 2.39. The molecular weight excluding hydrogens is 449 g/mol. The van der Waals surface area contributed by atoms with E-state index in [0.717, 1.165) is 22.6 Å². The standard InChI is InChI=1S/C19H21F3N6O5/c1-3-4-7-27-13-11(28(17(23)32)18(27)26-8-5-24-6-9-26)10-12(25(2)14(13)29)15(30)33-16(31)19(20,21)22/h10,18,24H,5-9H2,1-2H3,(H2,23,32). The van der Waals surface area contributed by atoms with E-state index in [1.807, 2.05) is 4.90 Å². The number of esters is 2. The maximum Gasteiger partial charge on any atom is 0.491 e. The maximum absolute atomic E-state index is 13.2. The second-order valence-electron chi connectivity index (χ2n) is 7.20. The van der Waals surface area contributed by atoms with Gasteiger partial charge in [-0.1, -0.05) is 5.92 Å². The molecule has 3 heterocycles. The van der Waals surface area contributed by atoms with Gasteiger partial charge in [0.25, 0.3) is 5.56 Å². The molecule has 1 saturated heterocycles. The van der Waals surface area contributed by atoms with Crippen LogP contribution in [0.2, 0.25) is 0 Å². The minimum Gasteiger partial charge on any atom is -0.382 e. The van der Waals surface area contributed by atoms with Gasteiger partial charge in [0, 0.05) is 33.2 Å². The van der Waals surface area contributed by atoms with Gasteiger partial charge in [0.15, 0.2) is 6.29 Å². The first-order valence-corrected chi connectivity index (χ1v) is 9.76. The van der Waals surface area contributed by atoms with Crippen molar-refractivity contribution in [3.63, 3.8) is 0 Å². The van der Waals surface area contributed by atoms with E-state index < -0.39 is 41.7 Å². The number of nitrogens with zero attached hydrogens (tertiary/aromatic N) is 4. The molecule has 0 radical (unpaired) electrons. The highest BCUT2D eigenvalue weighted by atomic mass is 19.4. The van der Waals surface area contributed by atoms with Crippen LogP contribution >= 0.6 is 0 Å². The number of nitrogens with one attached hydrogen (secondary N) is 1. The first-order valence-electron chi connectivity index (χ1n) is 9.76. The number of anilines is 2. The van der Waals surface area contributed by atoms with E-state index in [1.54, 1.807) is 11.8 Å². The summed E-state index contributed by atoms with van der Waals surface area (Å²) in [4.78, 5) is 53.5. The second kappa shape index (κ2) is 9.12. The van der Waals surface area contributed by atoms with E-state index in [9.17, 15) is 32.3 Å². The summed E-state index contributed by atoms with van der Waals surface area (Å²) >= 11 is 0. The molecule has 11 nitrogen and oxygen atoms in total. The molecule has 2 amide bonds. The zero-order valence-electron chi connectivity index (χ0n) is 17.7. The predicted molar refractivity (Wildman–Crippen MR) is 109 cm³/mol. The van der Waals surface area contributed by atoms with Gasteiger partial charge in [-0.25, -0.2) is 14.4 Å². The minimum absolute atomic E-state index is 0.0127. The number of rotatable bonds is 3. The summed E-state index contributed by atoms with van der Waals surface area (Å²) in [5.74, 6) is 1.11. The van der Waals surface area contributed by atoms with Gasteiger partial charge in [-0.05, 0) is 13.0 Å². The number of fused-ring (bicyclic) bond motifs is 1. The SMILES string of the molecule is CC#CCN1c2c(cc(C(=O)OC(=O)C(F)(F)F)n(C)c2=O)N(C(N)=O)C1N1CCNCC1. The van der Waals surface area contributed by atoms with Crippen molar-refractivity contribution in [2.75, 3.05) is 42.5 Å². The fraction of sp³-hybridized carbons (Fsp3) is 0.474. The van der Waals surface area contributed by atoms with Crippen LogP contribution in [-0.2, 0) is 16.6 Å². The van der Waals surface area contributed by atoms with Gasteiger partial charge in [-0.15, -0.1) is 5.92 Å². The molecule has 14 heteroatoms. The minimum atomic E-state index is -5.41. The molecule has 1 aromatic heterocycles. The molecule has 1 aromatic rings. The van der Waals surface area contributed by atoms with Crippen LogP contribution in [0.15, 0.2) is 10.9 Å². The van der Waals surface area contributed by atoms with Crippen LogP contribution in [0.5, 0.6) is 0 Å². The summed E-state index contributed by atoms with van der Waals surface area (Å²) in [6, 6.07) is 0.0490. The summed E-state index contributed by atoms with van der Waals surface area (Å²) in [5.41, 5.74) is 4.03. The molecule has 3 N–H and O–H groups in total. The van der Waals surface area contributed by atoms with Crippen molar-refractivity contribution in [3.05, 3.63) is 22.1 Å². The van der Waals surface area contributed by atoms with Crippen molar-refractivity contribution in [3.8, 4) is 11.8 Å². The Labute approximate surface area is 185 Å². The maximum atomic E-state index is 13.2. The van der Waals surface area contributed by atoms with E-state index in [0.29, 0.717) is 26.2 Å². The van der Waals surface area contributed by atoms with Crippen LogP contribution in [0.25, 0.3) is 0 Å². The first-order chi connectivity index (χ1) is 15.5. The Morgan fingerprint density at radius 3 is 2.45 bits per heavy atom. The van der Waals surface area contributed by atoms with Gasteiger partial charge in [0.2, 0.25) is 0 Å². The zero-order valence-corrected chi connectivity index (χ0v) is 17.7. The Kier molecular flexibility index (Phi) is 6.65. The number of pyridine rings is 1. The third-order valence-electron chi connectivity index (χ3n) is 5.21. The quantitative estimate of drug-likeness (QED) is 0.345. The van der Waals surface area contributed by atoms with Gasteiger partial charge in [0.1, 0.15) is 11.4 Å². The molecule has 2 aliphatic rings. The molecule has 0 aromatic carbocycles. The summed E-state index contributed by atoms with van der Waals surface area (Å²) in [5, 5.41) is 3.16. The number of halogens is 3. The number of ether oxygens (including phenoxy) is 1. The summed E-state index contributed by atoms with van der Waals surface area (Å²) in [6.45, 7) is 3.82. The van der Waals surface area contributed by atoms with Gasteiger partial charge < -0.3 is 25.3 Å². The third-order valence-corrected chi connectivity index (χ3v) is 5.21. The van der Waals surface area contributed by atoms with Crippen molar-refractivity contribution < 1.29 is 32.3 Å². The highest BCUT2D eigenvalue weighted by molar-refractivity contribution is 6.02. The van der Waals surface area contributed by atoms with Crippen molar-refractivity contribution in [1.82, 2.24) is 14.8 Å². The lowest BCUT2D eigenvalue weighted by Gasteiger charge is -2.40. The lowest BCUT2D eigenvalue weighted by Crippen LogP contribution is -2.62. The van der Waals surface area contributed by atoms with Crippen LogP contribution < -0.4 is 26.4 Å². The number of carbonyl (C=O) groups excluding carboxylic acids is 3. The third kappa shape index (κ3) is 4.50. The smallest absolute Gasteiger partial charge is 0.382 e. The lowest BCUT2D eigenvalue weighted by molar-refractivity contribution is -0.193. The average molecular weight is 470 g/mol. The summed E-state index contributed by atoms with van der Waals surface area (Å²) < 4.78 is 42.2. The van der Waals surface area contributed by atoms with Gasteiger partial charge in [0.05, 0.1) is 12.2 Å². The molecular formula is C19H21F3N6O5. The number of amides is 2. The number of primary amides is 1. The number of carbonyl (C=O) groups is 3. The molecule has 0 bridgehead atoms. The predicted octanol–water partition coefficient (Wildman–Crippen LogP) is -0.452. The monoisotopic (exact) mass is 470 g/mol. The molecule has 0 saturated carbocycles.